The Labute approximate surface area is 233 Å². The number of aromatic nitrogens is 3. The molecule has 3 aromatic rings. The predicted octanol–water partition coefficient (Wildman–Crippen LogP) is 5.20. The van der Waals surface area contributed by atoms with Crippen LogP contribution >= 0.6 is 11.3 Å². The molecule has 3 aromatic heterocycles. The number of carbonyl (C=O) groups excluding carboxylic acids is 1. The maximum absolute atomic E-state index is 12.5. The van der Waals surface area contributed by atoms with Crippen molar-refractivity contribution in [1.29, 1.82) is 0 Å². The summed E-state index contributed by atoms with van der Waals surface area (Å²) in [5, 5.41) is 15.5. The average molecular weight is 571 g/mol. The van der Waals surface area contributed by atoms with Crippen LogP contribution in [-0.4, -0.2) is 47.8 Å². The second-order valence-corrected chi connectivity index (χ2v) is 13.6. The Balaban J connectivity index is 1.42. The number of pyridine rings is 2. The second-order valence-electron chi connectivity index (χ2n) is 10.6. The van der Waals surface area contributed by atoms with Gasteiger partial charge in [-0.1, -0.05) is 6.92 Å². The number of rotatable bonds is 9. The summed E-state index contributed by atoms with van der Waals surface area (Å²) in [5.74, 6) is 1.17. The van der Waals surface area contributed by atoms with E-state index >= 15 is 0 Å². The number of anilines is 2. The van der Waals surface area contributed by atoms with Crippen molar-refractivity contribution < 1.29 is 23.1 Å². The Morgan fingerprint density at radius 3 is 2.51 bits per heavy atom. The largest absolute Gasteiger partial charge is 0.469 e. The number of esters is 1. The highest BCUT2D eigenvalue weighted by Crippen LogP contribution is 2.45. The third-order valence-corrected chi connectivity index (χ3v) is 10.2. The Hall–Kier alpha value is -2.89. The smallest absolute Gasteiger partial charge is 0.308 e. The summed E-state index contributed by atoms with van der Waals surface area (Å²) in [4.78, 5) is 26.4. The van der Waals surface area contributed by atoms with Gasteiger partial charge in [0.05, 0.1) is 28.5 Å². The highest BCUT2D eigenvalue weighted by Gasteiger charge is 2.42. The molecular weight excluding hydrogens is 536 g/mol. The summed E-state index contributed by atoms with van der Waals surface area (Å²) in [6, 6.07) is 7.03. The van der Waals surface area contributed by atoms with Gasteiger partial charge in [0.25, 0.3) is 0 Å². The first kappa shape index (κ1) is 27.7. The van der Waals surface area contributed by atoms with Gasteiger partial charge >= 0.3 is 5.97 Å². The van der Waals surface area contributed by atoms with Crippen molar-refractivity contribution in [2.45, 2.75) is 68.3 Å². The van der Waals surface area contributed by atoms with E-state index in [-0.39, 0.29) is 22.7 Å². The molecule has 0 aromatic carbocycles. The molecule has 39 heavy (non-hydrogen) atoms. The van der Waals surface area contributed by atoms with E-state index in [1.165, 1.54) is 49.2 Å². The summed E-state index contributed by atoms with van der Waals surface area (Å²) in [7, 11) is -2.11. The molecule has 2 N–H and O–H groups in total. The molecule has 0 radical (unpaired) electrons. The van der Waals surface area contributed by atoms with Crippen molar-refractivity contribution in [3.05, 3.63) is 47.2 Å². The van der Waals surface area contributed by atoms with E-state index in [1.54, 1.807) is 18.5 Å². The van der Waals surface area contributed by atoms with Crippen molar-refractivity contribution in [2.75, 3.05) is 18.7 Å². The SMILES string of the molecule is CCC(O)(c1ncc(-c2cc(S(C)(=O)=O)cc(Nc3cc(C4CC4)ccn3)n2)s1)[C@H]1CC[C@H](C(=O)OC)CC1. The quantitative estimate of drug-likeness (QED) is 0.333. The van der Waals surface area contributed by atoms with Gasteiger partial charge in [-0.25, -0.2) is 23.4 Å². The van der Waals surface area contributed by atoms with Crippen LogP contribution in [0.5, 0.6) is 0 Å². The van der Waals surface area contributed by atoms with Crippen LogP contribution in [-0.2, 0) is 25.0 Å². The summed E-state index contributed by atoms with van der Waals surface area (Å²) in [6.45, 7) is 1.93. The van der Waals surface area contributed by atoms with E-state index in [0.29, 0.717) is 65.2 Å². The molecular formula is C28H34N4O5S2. The molecule has 1 unspecified atom stereocenters. The van der Waals surface area contributed by atoms with Crippen molar-refractivity contribution in [3.8, 4) is 10.6 Å². The lowest BCUT2D eigenvalue weighted by molar-refractivity contribution is -0.148. The van der Waals surface area contributed by atoms with Gasteiger partial charge in [0.15, 0.2) is 9.84 Å². The second kappa shape index (κ2) is 10.9. The number of nitrogens with one attached hydrogen (secondary N) is 1. The minimum atomic E-state index is -3.52. The van der Waals surface area contributed by atoms with E-state index in [2.05, 4.69) is 15.3 Å². The topological polar surface area (TPSA) is 131 Å². The van der Waals surface area contributed by atoms with E-state index in [9.17, 15) is 18.3 Å². The first-order valence-electron chi connectivity index (χ1n) is 13.3. The molecule has 2 saturated carbocycles. The molecule has 0 saturated heterocycles. The Kier molecular flexibility index (Phi) is 7.76. The van der Waals surface area contributed by atoms with E-state index in [4.69, 9.17) is 9.72 Å². The lowest BCUT2D eigenvalue weighted by Gasteiger charge is -2.38. The van der Waals surface area contributed by atoms with Crippen LogP contribution in [0.25, 0.3) is 10.6 Å². The van der Waals surface area contributed by atoms with Crippen LogP contribution in [0.4, 0.5) is 11.6 Å². The fraction of sp³-hybridized carbons (Fsp3) is 0.500. The number of thiazole rings is 1. The Morgan fingerprint density at radius 2 is 1.87 bits per heavy atom. The fourth-order valence-electron chi connectivity index (χ4n) is 5.41. The number of aliphatic hydroxyl groups is 1. The van der Waals surface area contributed by atoms with Crippen molar-refractivity contribution in [2.24, 2.45) is 11.8 Å². The number of methoxy groups -OCH3 is 1. The van der Waals surface area contributed by atoms with Gasteiger partial charge in [-0.3, -0.25) is 4.79 Å². The molecule has 5 rings (SSSR count). The molecule has 2 aliphatic carbocycles. The molecule has 3 heterocycles. The highest BCUT2D eigenvalue weighted by molar-refractivity contribution is 7.90. The zero-order valence-electron chi connectivity index (χ0n) is 22.4. The molecule has 11 heteroatoms. The summed E-state index contributed by atoms with van der Waals surface area (Å²) in [6.07, 6.45) is 10.1. The molecule has 0 amide bonds. The lowest BCUT2D eigenvalue weighted by Crippen LogP contribution is -2.38. The number of hydrogen-bond acceptors (Lipinski definition) is 10. The van der Waals surface area contributed by atoms with Crippen LogP contribution in [0.2, 0.25) is 0 Å². The Morgan fingerprint density at radius 1 is 1.13 bits per heavy atom. The first-order valence-corrected chi connectivity index (χ1v) is 16.0. The van der Waals surface area contributed by atoms with Gasteiger partial charge in [0.1, 0.15) is 22.2 Å². The summed E-state index contributed by atoms with van der Waals surface area (Å²) < 4.78 is 30.0. The first-order chi connectivity index (χ1) is 18.6. The lowest BCUT2D eigenvalue weighted by atomic mass is 9.72. The molecule has 208 valence electrons. The number of ether oxygens (including phenoxy) is 1. The van der Waals surface area contributed by atoms with E-state index < -0.39 is 15.4 Å². The maximum atomic E-state index is 12.5. The fourth-order valence-corrected chi connectivity index (χ4v) is 7.17. The average Bonchev–Trinajstić information content (AvgIpc) is 3.67. The van der Waals surface area contributed by atoms with Crippen LogP contribution in [0.15, 0.2) is 41.6 Å². The number of sulfone groups is 1. The molecule has 2 fully saturated rings. The van der Waals surface area contributed by atoms with Crippen molar-refractivity contribution >= 4 is 38.8 Å². The van der Waals surface area contributed by atoms with Crippen LogP contribution in [0.3, 0.4) is 0 Å². The molecule has 0 spiro atoms. The van der Waals surface area contributed by atoms with Crippen molar-refractivity contribution in [3.63, 3.8) is 0 Å². The molecule has 0 bridgehead atoms. The molecule has 2 aliphatic rings. The number of nitrogens with zero attached hydrogens (tertiary/aromatic N) is 3. The van der Waals surface area contributed by atoms with Gasteiger partial charge < -0.3 is 15.2 Å². The van der Waals surface area contributed by atoms with Crippen molar-refractivity contribution in [1.82, 2.24) is 15.0 Å². The zero-order valence-corrected chi connectivity index (χ0v) is 24.0. The normalized spacial score (nSPS) is 21.2. The zero-order chi connectivity index (χ0) is 27.8. The monoisotopic (exact) mass is 570 g/mol. The third-order valence-electron chi connectivity index (χ3n) is 7.92. The highest BCUT2D eigenvalue weighted by atomic mass is 32.2. The maximum Gasteiger partial charge on any atom is 0.308 e. The van der Waals surface area contributed by atoms with Gasteiger partial charge in [-0.2, -0.15) is 0 Å². The van der Waals surface area contributed by atoms with Gasteiger partial charge in [0, 0.05) is 18.6 Å². The van der Waals surface area contributed by atoms with Crippen LogP contribution in [0.1, 0.15) is 68.4 Å². The predicted molar refractivity (Wildman–Crippen MR) is 150 cm³/mol. The summed E-state index contributed by atoms with van der Waals surface area (Å²) >= 11 is 1.32. The molecule has 9 nitrogen and oxygen atoms in total. The van der Waals surface area contributed by atoms with Gasteiger partial charge in [-0.15, -0.1) is 11.3 Å². The summed E-state index contributed by atoms with van der Waals surface area (Å²) in [5.41, 5.74) is 0.515. The minimum Gasteiger partial charge on any atom is -0.469 e. The standard InChI is InChI=1S/C28H34N4O5S2/c1-4-28(34,20-9-7-18(8-10-20)26(33)37-2)27-30-16-23(38-27)22-14-21(39(3,35)36)15-25(31-22)32-24-13-19(11-12-29-24)17-5-6-17/h11-18,20,34H,4-10H2,1-3H3,(H,29,31,32)/t18-,20-,28?. The van der Waals surface area contributed by atoms with Gasteiger partial charge in [0.2, 0.25) is 0 Å². The Bertz CT molecular complexity index is 1460. The van der Waals surface area contributed by atoms with Crippen LogP contribution in [0, 0.1) is 11.8 Å². The van der Waals surface area contributed by atoms with Gasteiger partial charge in [-0.05, 0) is 86.6 Å². The molecule has 0 aliphatic heterocycles. The third kappa shape index (κ3) is 6.00. The number of hydrogen-bond donors (Lipinski definition) is 2. The molecule has 1 atom stereocenters. The van der Waals surface area contributed by atoms with E-state index in [1.807, 2.05) is 19.1 Å². The minimum absolute atomic E-state index is 0.0419. The van der Waals surface area contributed by atoms with Crippen LogP contribution < -0.4 is 5.32 Å². The number of carbonyl (C=O) groups is 1. The van der Waals surface area contributed by atoms with E-state index in [0.717, 1.165) is 0 Å².